The Morgan fingerprint density at radius 3 is 2.45 bits per heavy atom. The molecule has 0 N–H and O–H groups in total. The predicted octanol–water partition coefficient (Wildman–Crippen LogP) is 0.790. The van der Waals surface area contributed by atoms with E-state index in [1.807, 2.05) is 0 Å². The molecule has 0 atom stereocenters. The quantitative estimate of drug-likeness (QED) is 0.823. The number of piperazine rings is 1. The summed E-state index contributed by atoms with van der Waals surface area (Å²) in [5.41, 5.74) is 0. The van der Waals surface area contributed by atoms with Gasteiger partial charge in [0, 0.05) is 39.8 Å². The number of nitrogens with zero attached hydrogens (tertiary/aromatic N) is 4. The van der Waals surface area contributed by atoms with Crippen LogP contribution < -0.4 is 0 Å². The second kappa shape index (κ2) is 5.29. The van der Waals surface area contributed by atoms with Crippen molar-refractivity contribution >= 4 is 21.6 Å². The zero-order valence-corrected chi connectivity index (χ0v) is 13.1. The number of halogens is 1. The van der Waals surface area contributed by atoms with Gasteiger partial charge in [0.1, 0.15) is 5.15 Å². The number of aromatic nitrogens is 2. The van der Waals surface area contributed by atoms with Gasteiger partial charge in [-0.25, -0.2) is 13.4 Å². The molecule has 2 heterocycles. The van der Waals surface area contributed by atoms with Gasteiger partial charge in [-0.05, 0) is 18.8 Å². The van der Waals surface area contributed by atoms with Gasteiger partial charge >= 0.3 is 0 Å². The molecule has 1 aliphatic heterocycles. The minimum Gasteiger partial charge on any atom is -0.324 e. The molecule has 2 fully saturated rings. The average Bonchev–Trinajstić information content (AvgIpc) is 3.16. The molecule has 1 saturated carbocycles. The third-order valence-corrected chi connectivity index (χ3v) is 6.35. The van der Waals surface area contributed by atoms with Crippen LogP contribution in [0.2, 0.25) is 5.15 Å². The fourth-order valence-electron chi connectivity index (χ4n) is 2.51. The van der Waals surface area contributed by atoms with E-state index in [4.69, 9.17) is 11.6 Å². The lowest BCUT2D eigenvalue weighted by atomic mass is 10.3. The standard InChI is InChI=1S/C12H19ClN4O2S/c1-15-9-14-12(11(15)13)20(18,19)17-6-4-16(5-7-17)8-10-2-3-10/h9-10H,2-8H2,1H3. The van der Waals surface area contributed by atoms with Crippen molar-refractivity contribution in [2.24, 2.45) is 13.0 Å². The van der Waals surface area contributed by atoms with Crippen molar-refractivity contribution in [1.29, 1.82) is 0 Å². The van der Waals surface area contributed by atoms with E-state index in [1.165, 1.54) is 28.0 Å². The Morgan fingerprint density at radius 1 is 1.30 bits per heavy atom. The molecule has 0 bridgehead atoms. The molecular weight excluding hydrogens is 300 g/mol. The Balaban J connectivity index is 1.68. The number of imidazole rings is 1. The van der Waals surface area contributed by atoms with Gasteiger partial charge in [-0.3, -0.25) is 0 Å². The van der Waals surface area contributed by atoms with Crippen LogP contribution in [0, 0.1) is 5.92 Å². The lowest BCUT2D eigenvalue weighted by Gasteiger charge is -2.33. The van der Waals surface area contributed by atoms with E-state index in [2.05, 4.69) is 9.88 Å². The van der Waals surface area contributed by atoms with Crippen molar-refractivity contribution in [2.75, 3.05) is 32.7 Å². The van der Waals surface area contributed by atoms with E-state index >= 15 is 0 Å². The number of hydrogen-bond donors (Lipinski definition) is 0. The monoisotopic (exact) mass is 318 g/mol. The van der Waals surface area contributed by atoms with Crippen LogP contribution in [0.25, 0.3) is 0 Å². The van der Waals surface area contributed by atoms with E-state index < -0.39 is 10.0 Å². The van der Waals surface area contributed by atoms with E-state index in [9.17, 15) is 8.42 Å². The summed E-state index contributed by atoms with van der Waals surface area (Å²) in [7, 11) is -1.88. The third-order valence-electron chi connectivity index (χ3n) is 3.96. The third kappa shape index (κ3) is 2.72. The van der Waals surface area contributed by atoms with Crippen molar-refractivity contribution in [2.45, 2.75) is 17.9 Å². The molecule has 0 unspecified atom stereocenters. The number of hydrogen-bond acceptors (Lipinski definition) is 4. The van der Waals surface area contributed by atoms with Crippen molar-refractivity contribution in [1.82, 2.24) is 18.8 Å². The van der Waals surface area contributed by atoms with Crippen molar-refractivity contribution < 1.29 is 8.42 Å². The molecule has 1 aliphatic carbocycles. The fraction of sp³-hybridized carbons (Fsp3) is 0.750. The molecule has 8 heteroatoms. The van der Waals surface area contributed by atoms with Gasteiger partial charge in [0.25, 0.3) is 10.0 Å². The summed E-state index contributed by atoms with van der Waals surface area (Å²) < 4.78 is 28.0. The van der Waals surface area contributed by atoms with Crippen LogP contribution in [0.3, 0.4) is 0 Å². The molecule has 2 aliphatic rings. The molecule has 0 radical (unpaired) electrons. The summed E-state index contributed by atoms with van der Waals surface area (Å²) in [5, 5.41) is 0.141. The molecule has 1 aromatic rings. The van der Waals surface area contributed by atoms with Gasteiger partial charge in [0.2, 0.25) is 5.03 Å². The highest BCUT2D eigenvalue weighted by Crippen LogP contribution is 2.30. The first-order valence-electron chi connectivity index (χ1n) is 6.88. The van der Waals surface area contributed by atoms with Gasteiger partial charge in [-0.2, -0.15) is 4.31 Å². The normalized spacial score (nSPS) is 22.3. The maximum absolute atomic E-state index is 12.5. The highest BCUT2D eigenvalue weighted by Gasteiger charge is 2.33. The molecule has 0 aromatic carbocycles. The summed E-state index contributed by atoms with van der Waals surface area (Å²) in [6, 6.07) is 0. The molecule has 0 spiro atoms. The molecule has 112 valence electrons. The first-order chi connectivity index (χ1) is 9.48. The second-order valence-electron chi connectivity index (χ2n) is 5.60. The van der Waals surface area contributed by atoms with Crippen molar-refractivity contribution in [3.8, 4) is 0 Å². The van der Waals surface area contributed by atoms with Crippen molar-refractivity contribution in [3.05, 3.63) is 11.5 Å². The highest BCUT2D eigenvalue weighted by atomic mass is 35.5. The van der Waals surface area contributed by atoms with Gasteiger partial charge in [-0.1, -0.05) is 11.6 Å². The number of rotatable bonds is 4. The Bertz CT molecular complexity index is 589. The summed E-state index contributed by atoms with van der Waals surface area (Å²) in [5.74, 6) is 0.836. The van der Waals surface area contributed by atoms with Crippen molar-refractivity contribution in [3.63, 3.8) is 0 Å². The van der Waals surface area contributed by atoms with E-state index in [-0.39, 0.29) is 10.2 Å². The SMILES string of the molecule is Cn1cnc(S(=O)(=O)N2CCN(CC3CC3)CC2)c1Cl. The lowest BCUT2D eigenvalue weighted by molar-refractivity contribution is 0.182. The second-order valence-corrected chi connectivity index (χ2v) is 7.81. The highest BCUT2D eigenvalue weighted by molar-refractivity contribution is 7.89. The Kier molecular flexibility index (Phi) is 3.79. The zero-order valence-electron chi connectivity index (χ0n) is 11.5. The maximum atomic E-state index is 12.5. The maximum Gasteiger partial charge on any atom is 0.263 e. The van der Waals surface area contributed by atoms with E-state index in [0.29, 0.717) is 13.1 Å². The van der Waals surface area contributed by atoms with Crippen LogP contribution in [-0.4, -0.2) is 59.9 Å². The van der Waals surface area contributed by atoms with E-state index in [1.54, 1.807) is 7.05 Å². The summed E-state index contributed by atoms with van der Waals surface area (Å²) in [6.07, 6.45) is 4.07. The first-order valence-corrected chi connectivity index (χ1v) is 8.69. The Hall–Kier alpha value is -0.630. The molecule has 20 heavy (non-hydrogen) atoms. The predicted molar refractivity (Wildman–Crippen MR) is 76.1 cm³/mol. The van der Waals surface area contributed by atoms with Gasteiger partial charge in [0.05, 0.1) is 6.33 Å². The van der Waals surface area contributed by atoms with Crippen LogP contribution in [0.5, 0.6) is 0 Å². The molecule has 1 saturated heterocycles. The molecule has 6 nitrogen and oxygen atoms in total. The number of aryl methyl sites for hydroxylation is 1. The molecule has 0 amide bonds. The average molecular weight is 319 g/mol. The largest absolute Gasteiger partial charge is 0.324 e. The topological polar surface area (TPSA) is 58.4 Å². The first kappa shape index (κ1) is 14.3. The lowest BCUT2D eigenvalue weighted by Crippen LogP contribution is -2.49. The minimum atomic E-state index is -3.57. The Morgan fingerprint density at radius 2 is 1.95 bits per heavy atom. The Labute approximate surface area is 124 Å². The zero-order chi connectivity index (χ0) is 14.3. The van der Waals surface area contributed by atoms with Crippen LogP contribution in [0.4, 0.5) is 0 Å². The summed E-state index contributed by atoms with van der Waals surface area (Å²) in [6.45, 7) is 3.72. The van der Waals surface area contributed by atoms with Gasteiger partial charge < -0.3 is 9.47 Å². The summed E-state index contributed by atoms with van der Waals surface area (Å²) in [4.78, 5) is 6.28. The number of sulfonamides is 1. The van der Waals surface area contributed by atoms with Crippen LogP contribution in [0.1, 0.15) is 12.8 Å². The smallest absolute Gasteiger partial charge is 0.263 e. The van der Waals surface area contributed by atoms with E-state index in [0.717, 1.165) is 25.6 Å². The molecule has 3 rings (SSSR count). The fourth-order valence-corrected chi connectivity index (χ4v) is 4.32. The van der Waals surface area contributed by atoms with Crippen LogP contribution in [0.15, 0.2) is 11.4 Å². The van der Waals surface area contributed by atoms with Crippen LogP contribution >= 0.6 is 11.6 Å². The van der Waals surface area contributed by atoms with Crippen LogP contribution in [-0.2, 0) is 17.1 Å². The molecule has 1 aromatic heterocycles. The minimum absolute atomic E-state index is 0.0303. The van der Waals surface area contributed by atoms with Gasteiger partial charge in [0.15, 0.2) is 0 Å². The van der Waals surface area contributed by atoms with Gasteiger partial charge in [-0.15, -0.1) is 0 Å². The summed E-state index contributed by atoms with van der Waals surface area (Å²) >= 11 is 6.00. The molecular formula is C12H19ClN4O2S.